The molecular weight excluding hydrogens is 268 g/mol. The Kier molecular flexibility index (Phi) is 4.96. The second kappa shape index (κ2) is 4.33. The van der Waals surface area contributed by atoms with Crippen molar-refractivity contribution in [2.45, 2.75) is 0 Å². The Bertz CT molecular complexity index is 218. The van der Waals surface area contributed by atoms with Gasteiger partial charge < -0.3 is 0 Å². The van der Waals surface area contributed by atoms with Gasteiger partial charge in [-0.15, -0.1) is 0 Å². The molecule has 15 heavy (non-hydrogen) atoms. The van der Waals surface area contributed by atoms with E-state index >= 15 is 0 Å². The summed E-state index contributed by atoms with van der Waals surface area (Å²) in [5, 5.41) is 0. The summed E-state index contributed by atoms with van der Waals surface area (Å²) in [6.07, 6.45) is 1.92. The minimum absolute atomic E-state index is 0.540. The summed E-state index contributed by atoms with van der Waals surface area (Å²) in [5.74, 6) is 0. The molecule has 0 rings (SSSR count). The molecule has 0 aromatic heterocycles. The molecule has 0 spiro atoms. The van der Waals surface area contributed by atoms with Crippen LogP contribution in [0.15, 0.2) is 0 Å². The number of hydrogen-bond acceptors (Lipinski definition) is 0. The molecule has 0 aliphatic heterocycles. The number of halogens is 7. The number of hydrogen-bond donors (Lipinski definition) is 0. The van der Waals surface area contributed by atoms with Crippen molar-refractivity contribution in [2.75, 3.05) is 27.1 Å². The minimum atomic E-state index is -10.7. The van der Waals surface area contributed by atoms with Crippen molar-refractivity contribution in [3.63, 3.8) is 0 Å². The molecule has 0 amide bonds. The van der Waals surface area contributed by atoms with E-state index in [0.29, 0.717) is 6.00 Å². The van der Waals surface area contributed by atoms with Gasteiger partial charge in [-0.2, -0.15) is 0 Å². The van der Waals surface area contributed by atoms with Crippen molar-refractivity contribution in [1.29, 1.82) is 0 Å². The standard InChI is InChI=1S/C5H12ClN2.F6P/c1-7(2)5-8(3)4-6;1-7(2,3,4,5)6/h5H,4H2,1-3H3;/q+1;-1. The van der Waals surface area contributed by atoms with E-state index < -0.39 is 7.81 Å². The van der Waals surface area contributed by atoms with E-state index in [9.17, 15) is 25.2 Å². The molecule has 10 heteroatoms. The SMILES string of the molecule is CN(C=[N+](C)C)CCl.F[P-](F)(F)(F)(F)F. The van der Waals surface area contributed by atoms with Crippen LogP contribution in [0.25, 0.3) is 0 Å². The van der Waals surface area contributed by atoms with Gasteiger partial charge in [-0.3, -0.25) is 9.48 Å². The van der Waals surface area contributed by atoms with Crippen molar-refractivity contribution in [2.24, 2.45) is 0 Å². The summed E-state index contributed by atoms with van der Waals surface area (Å²) in [6, 6.07) is 0.540. The van der Waals surface area contributed by atoms with E-state index in [1.165, 1.54) is 0 Å². The molecule has 2 nitrogen and oxygen atoms in total. The van der Waals surface area contributed by atoms with Crippen LogP contribution in [0.2, 0.25) is 0 Å². The van der Waals surface area contributed by atoms with E-state index in [-0.39, 0.29) is 0 Å². The van der Waals surface area contributed by atoms with Crippen LogP contribution in [0.4, 0.5) is 25.2 Å². The summed E-state index contributed by atoms with van der Waals surface area (Å²) in [5.41, 5.74) is 0. The zero-order valence-electron chi connectivity index (χ0n) is 8.27. The van der Waals surface area contributed by atoms with Gasteiger partial charge in [-0.1, -0.05) is 11.6 Å². The Morgan fingerprint density at radius 1 is 1.13 bits per heavy atom. The Hall–Kier alpha value is -0.230. The molecule has 0 saturated carbocycles. The number of alkyl halides is 1. The fourth-order valence-electron chi connectivity index (χ4n) is 0.425. The predicted molar refractivity (Wildman–Crippen MR) is 50.2 cm³/mol. The monoisotopic (exact) mass is 280 g/mol. The topological polar surface area (TPSA) is 6.25 Å². The molecule has 0 aromatic rings. The molecule has 0 fully saturated rings. The molecule has 0 atom stereocenters. The van der Waals surface area contributed by atoms with Gasteiger partial charge in [0.05, 0.1) is 21.1 Å². The molecule has 0 bridgehead atoms. The van der Waals surface area contributed by atoms with Crippen molar-refractivity contribution in [3.8, 4) is 0 Å². The maximum absolute atomic E-state index is 10.7. The fourth-order valence-corrected chi connectivity index (χ4v) is 0.487. The Balaban J connectivity index is 0. The maximum atomic E-state index is 9.87. The van der Waals surface area contributed by atoms with E-state index in [2.05, 4.69) is 0 Å². The average Bonchev–Trinajstić information content (AvgIpc) is 1.78. The molecule has 0 N–H and O–H groups in total. The van der Waals surface area contributed by atoms with Gasteiger partial charge >= 0.3 is 33.0 Å². The van der Waals surface area contributed by atoms with Crippen LogP contribution in [0.1, 0.15) is 0 Å². The molecule has 0 aliphatic carbocycles. The van der Waals surface area contributed by atoms with Gasteiger partial charge in [-0.05, 0) is 0 Å². The second-order valence-corrected chi connectivity index (χ2v) is 5.07. The molecule has 0 heterocycles. The van der Waals surface area contributed by atoms with Gasteiger partial charge in [0.25, 0.3) is 0 Å². The fraction of sp³-hybridized carbons (Fsp3) is 0.800. The third-order valence-corrected chi connectivity index (χ3v) is 0.994. The first-order valence-corrected chi connectivity index (χ1v) is 6.02. The Morgan fingerprint density at radius 2 is 1.40 bits per heavy atom. The Labute approximate surface area is 88.4 Å². The molecule has 0 aliphatic rings. The number of nitrogens with zero attached hydrogens (tertiary/aromatic N) is 2. The summed E-state index contributed by atoms with van der Waals surface area (Å²) in [7, 11) is -4.81. The first kappa shape index (κ1) is 17.2. The van der Waals surface area contributed by atoms with E-state index in [1.54, 1.807) is 0 Å². The van der Waals surface area contributed by atoms with Crippen molar-refractivity contribution in [3.05, 3.63) is 0 Å². The summed E-state index contributed by atoms with van der Waals surface area (Å²) in [4.78, 5) is 1.89. The normalized spacial score (nSPS) is 15.3. The zero-order chi connectivity index (χ0) is 13.0. The van der Waals surface area contributed by atoms with Crippen LogP contribution in [0.5, 0.6) is 0 Å². The third kappa shape index (κ3) is 57.3. The molecule has 96 valence electrons. The number of rotatable bonds is 2. The van der Waals surface area contributed by atoms with Crippen LogP contribution in [-0.4, -0.2) is 43.0 Å². The van der Waals surface area contributed by atoms with Gasteiger partial charge in [0.15, 0.2) is 6.00 Å². The van der Waals surface area contributed by atoms with Crippen LogP contribution in [0.3, 0.4) is 0 Å². The van der Waals surface area contributed by atoms with Crippen LogP contribution >= 0.6 is 19.4 Å². The molecule has 0 aromatic carbocycles. The van der Waals surface area contributed by atoms with Gasteiger partial charge in [0, 0.05) is 0 Å². The van der Waals surface area contributed by atoms with Crippen molar-refractivity contribution < 1.29 is 29.8 Å². The van der Waals surface area contributed by atoms with Crippen LogP contribution < -0.4 is 0 Å². The van der Waals surface area contributed by atoms with Crippen LogP contribution in [-0.2, 0) is 0 Å². The second-order valence-electron chi connectivity index (χ2n) is 2.91. The predicted octanol–water partition coefficient (Wildman–Crippen LogP) is 3.80. The van der Waals surface area contributed by atoms with Gasteiger partial charge in [-0.25, -0.2) is 0 Å². The summed E-state index contributed by atoms with van der Waals surface area (Å²) in [6.45, 7) is 0. The van der Waals surface area contributed by atoms with Crippen LogP contribution in [0, 0.1) is 0 Å². The van der Waals surface area contributed by atoms with Gasteiger partial charge in [0.2, 0.25) is 6.34 Å². The van der Waals surface area contributed by atoms with Crippen molar-refractivity contribution >= 4 is 25.7 Å². The first-order valence-electron chi connectivity index (χ1n) is 3.46. The van der Waals surface area contributed by atoms with E-state index in [0.717, 1.165) is 0 Å². The Morgan fingerprint density at radius 3 is 1.47 bits per heavy atom. The van der Waals surface area contributed by atoms with E-state index in [1.807, 2.05) is 37.0 Å². The quantitative estimate of drug-likeness (QED) is 0.142. The zero-order valence-corrected chi connectivity index (χ0v) is 9.92. The molecule has 0 unspecified atom stereocenters. The van der Waals surface area contributed by atoms with Crippen molar-refractivity contribution in [1.82, 2.24) is 4.90 Å². The first-order chi connectivity index (χ1) is 6.11. The van der Waals surface area contributed by atoms with E-state index in [4.69, 9.17) is 11.6 Å². The average molecular weight is 281 g/mol. The third-order valence-electron chi connectivity index (χ3n) is 0.617. The molecular formula is C5H12ClF6N2P. The molecule has 0 saturated heterocycles. The summed E-state index contributed by atoms with van der Waals surface area (Å²) >= 11 is 5.46. The van der Waals surface area contributed by atoms with Gasteiger partial charge in [0.1, 0.15) is 0 Å². The molecule has 0 radical (unpaired) electrons. The summed E-state index contributed by atoms with van der Waals surface area (Å²) < 4.78 is 61.1.